The van der Waals surface area contributed by atoms with Gasteiger partial charge in [0.15, 0.2) is 0 Å². The predicted octanol–water partition coefficient (Wildman–Crippen LogP) is 3.38. The highest BCUT2D eigenvalue weighted by molar-refractivity contribution is 9.10. The van der Waals surface area contributed by atoms with E-state index in [-0.39, 0.29) is 5.91 Å². The Balaban J connectivity index is 2.04. The third-order valence-corrected chi connectivity index (χ3v) is 4.44. The zero-order valence-corrected chi connectivity index (χ0v) is 12.3. The maximum absolute atomic E-state index is 12.1. The van der Waals surface area contributed by atoms with Gasteiger partial charge in [0.25, 0.3) is 5.91 Å². The third-order valence-electron chi connectivity index (χ3n) is 3.75. The molecule has 0 bridgehead atoms. The molecular formula is C14H18BrNO2. The van der Waals surface area contributed by atoms with Gasteiger partial charge in [0, 0.05) is 11.0 Å². The van der Waals surface area contributed by atoms with Crippen LogP contribution < -0.4 is 10.1 Å². The van der Waals surface area contributed by atoms with E-state index >= 15 is 0 Å². The molecule has 0 saturated heterocycles. The quantitative estimate of drug-likeness (QED) is 0.905. The molecule has 1 fully saturated rings. The maximum atomic E-state index is 12.1. The Kier molecular flexibility index (Phi) is 3.95. The fraction of sp³-hybridized carbons (Fsp3) is 0.500. The molecule has 18 heavy (non-hydrogen) atoms. The van der Waals surface area contributed by atoms with Crippen molar-refractivity contribution in [2.75, 3.05) is 13.7 Å². The molecule has 0 spiro atoms. The molecule has 1 aliphatic carbocycles. The third kappa shape index (κ3) is 2.86. The lowest BCUT2D eigenvalue weighted by Gasteiger charge is -2.14. The summed E-state index contributed by atoms with van der Waals surface area (Å²) in [4.78, 5) is 12.1. The normalized spacial score (nSPS) is 16.2. The second kappa shape index (κ2) is 5.31. The lowest BCUT2D eigenvalue weighted by atomic mass is 10.0. The zero-order chi connectivity index (χ0) is 13.2. The Morgan fingerprint density at radius 1 is 1.50 bits per heavy atom. The summed E-state index contributed by atoms with van der Waals surface area (Å²) in [6.07, 6.45) is 3.58. The fourth-order valence-electron chi connectivity index (χ4n) is 2.00. The van der Waals surface area contributed by atoms with E-state index in [1.807, 2.05) is 12.1 Å². The number of carbonyl (C=O) groups is 1. The first-order chi connectivity index (χ1) is 8.60. The number of hydrogen-bond donors (Lipinski definition) is 1. The molecule has 1 aliphatic rings. The van der Waals surface area contributed by atoms with Gasteiger partial charge in [-0.2, -0.15) is 0 Å². The molecule has 0 radical (unpaired) electrons. The lowest BCUT2D eigenvalue weighted by molar-refractivity contribution is 0.0943. The second-order valence-electron chi connectivity index (χ2n) is 4.88. The van der Waals surface area contributed by atoms with Gasteiger partial charge >= 0.3 is 0 Å². The largest absolute Gasteiger partial charge is 0.497 e. The topological polar surface area (TPSA) is 38.3 Å². The number of halogens is 1. The van der Waals surface area contributed by atoms with Crippen molar-refractivity contribution in [3.05, 3.63) is 28.2 Å². The van der Waals surface area contributed by atoms with Crippen LogP contribution in [-0.4, -0.2) is 19.6 Å². The minimum atomic E-state index is -0.0412. The van der Waals surface area contributed by atoms with Gasteiger partial charge in [0.1, 0.15) is 5.75 Å². The van der Waals surface area contributed by atoms with Crippen LogP contribution in [0.5, 0.6) is 5.75 Å². The molecule has 1 aromatic rings. The average Bonchev–Trinajstić information content (AvgIpc) is 3.17. The van der Waals surface area contributed by atoms with E-state index < -0.39 is 0 Å². The van der Waals surface area contributed by atoms with E-state index in [1.165, 1.54) is 12.8 Å². The number of hydrogen-bond acceptors (Lipinski definition) is 2. The first-order valence-electron chi connectivity index (χ1n) is 6.22. The molecule has 0 aliphatic heterocycles. The van der Waals surface area contributed by atoms with Crippen LogP contribution >= 0.6 is 15.9 Å². The first kappa shape index (κ1) is 13.4. The highest BCUT2D eigenvalue weighted by Gasteiger charge is 2.40. The van der Waals surface area contributed by atoms with Gasteiger partial charge < -0.3 is 10.1 Å². The van der Waals surface area contributed by atoms with E-state index in [9.17, 15) is 4.79 Å². The average molecular weight is 312 g/mol. The Bertz CT molecular complexity index is 455. The van der Waals surface area contributed by atoms with Crippen molar-refractivity contribution in [3.8, 4) is 5.75 Å². The molecule has 4 heteroatoms. The van der Waals surface area contributed by atoms with Crippen LogP contribution in [0.15, 0.2) is 22.7 Å². The maximum Gasteiger partial charge on any atom is 0.252 e. The first-order valence-corrected chi connectivity index (χ1v) is 7.01. The van der Waals surface area contributed by atoms with Crippen molar-refractivity contribution in [2.45, 2.75) is 26.2 Å². The molecule has 0 aromatic heterocycles. The molecule has 0 atom stereocenters. The summed E-state index contributed by atoms with van der Waals surface area (Å²) < 4.78 is 5.93. The van der Waals surface area contributed by atoms with Gasteiger partial charge in [-0.05, 0) is 58.8 Å². The molecule has 1 aromatic carbocycles. The number of methoxy groups -OCH3 is 1. The Hall–Kier alpha value is -1.03. The Morgan fingerprint density at radius 3 is 2.78 bits per heavy atom. The van der Waals surface area contributed by atoms with Crippen LogP contribution in [0.4, 0.5) is 0 Å². The second-order valence-corrected chi connectivity index (χ2v) is 5.74. The summed E-state index contributed by atoms with van der Waals surface area (Å²) in [5.41, 5.74) is 0.988. The Labute approximate surface area is 116 Å². The van der Waals surface area contributed by atoms with E-state index in [1.54, 1.807) is 13.2 Å². The molecule has 98 valence electrons. The Morgan fingerprint density at radius 2 is 2.22 bits per heavy atom. The molecule has 2 rings (SSSR count). The summed E-state index contributed by atoms with van der Waals surface area (Å²) in [5, 5.41) is 3.02. The van der Waals surface area contributed by atoms with Crippen molar-refractivity contribution in [1.29, 1.82) is 0 Å². The van der Waals surface area contributed by atoms with Gasteiger partial charge in [-0.3, -0.25) is 4.79 Å². The molecule has 0 heterocycles. The van der Waals surface area contributed by atoms with Crippen molar-refractivity contribution in [3.63, 3.8) is 0 Å². The SMILES string of the molecule is CCC1(CNC(=O)c2cc(OC)ccc2Br)CC1. The number of benzene rings is 1. The molecule has 1 saturated carbocycles. The zero-order valence-electron chi connectivity index (χ0n) is 10.8. The van der Waals surface area contributed by atoms with Gasteiger partial charge in [0.2, 0.25) is 0 Å². The lowest BCUT2D eigenvalue weighted by Crippen LogP contribution is -2.30. The van der Waals surface area contributed by atoms with Crippen LogP contribution in [0, 0.1) is 5.41 Å². The van der Waals surface area contributed by atoms with Crippen LogP contribution in [0.3, 0.4) is 0 Å². The van der Waals surface area contributed by atoms with Crippen LogP contribution in [0.25, 0.3) is 0 Å². The van der Waals surface area contributed by atoms with Crippen molar-refractivity contribution in [1.82, 2.24) is 5.32 Å². The minimum Gasteiger partial charge on any atom is -0.497 e. The molecule has 3 nitrogen and oxygen atoms in total. The van der Waals surface area contributed by atoms with Crippen LogP contribution in [-0.2, 0) is 0 Å². The summed E-state index contributed by atoms with van der Waals surface area (Å²) >= 11 is 3.40. The van der Waals surface area contributed by atoms with E-state index in [2.05, 4.69) is 28.2 Å². The van der Waals surface area contributed by atoms with E-state index in [0.29, 0.717) is 16.7 Å². The minimum absolute atomic E-state index is 0.0412. The van der Waals surface area contributed by atoms with Crippen LogP contribution in [0.1, 0.15) is 36.5 Å². The number of rotatable bonds is 5. The van der Waals surface area contributed by atoms with Crippen LogP contribution in [0.2, 0.25) is 0 Å². The summed E-state index contributed by atoms with van der Waals surface area (Å²) in [6.45, 7) is 2.95. The smallest absolute Gasteiger partial charge is 0.252 e. The summed E-state index contributed by atoms with van der Waals surface area (Å²) in [7, 11) is 1.60. The van der Waals surface area contributed by atoms with Gasteiger partial charge in [-0.1, -0.05) is 6.92 Å². The number of ether oxygens (including phenoxy) is 1. The number of amides is 1. The van der Waals surface area contributed by atoms with E-state index in [0.717, 1.165) is 17.4 Å². The highest BCUT2D eigenvalue weighted by Crippen LogP contribution is 2.47. The monoisotopic (exact) mass is 311 g/mol. The highest BCUT2D eigenvalue weighted by atomic mass is 79.9. The molecule has 1 N–H and O–H groups in total. The number of carbonyl (C=O) groups excluding carboxylic acids is 1. The molecule has 0 unspecified atom stereocenters. The van der Waals surface area contributed by atoms with Gasteiger partial charge in [-0.25, -0.2) is 0 Å². The van der Waals surface area contributed by atoms with Gasteiger partial charge in [-0.15, -0.1) is 0 Å². The van der Waals surface area contributed by atoms with Crippen molar-refractivity contribution >= 4 is 21.8 Å². The van der Waals surface area contributed by atoms with Gasteiger partial charge in [0.05, 0.1) is 12.7 Å². The van der Waals surface area contributed by atoms with Crippen molar-refractivity contribution < 1.29 is 9.53 Å². The molecular weight excluding hydrogens is 294 g/mol. The standard InChI is InChI=1S/C14H18BrNO2/c1-3-14(6-7-14)9-16-13(17)11-8-10(18-2)4-5-12(11)15/h4-5,8H,3,6-7,9H2,1-2H3,(H,16,17). The summed E-state index contributed by atoms with van der Waals surface area (Å²) in [5.74, 6) is 0.653. The summed E-state index contributed by atoms with van der Waals surface area (Å²) in [6, 6.07) is 5.42. The van der Waals surface area contributed by atoms with Crippen molar-refractivity contribution in [2.24, 2.45) is 5.41 Å². The molecule has 1 amide bonds. The number of nitrogens with one attached hydrogen (secondary N) is 1. The van der Waals surface area contributed by atoms with E-state index in [4.69, 9.17) is 4.74 Å². The predicted molar refractivity (Wildman–Crippen MR) is 75.0 cm³/mol. The fourth-order valence-corrected chi connectivity index (χ4v) is 2.43.